The number of nitrogens with one attached hydrogen (secondary N) is 1. The second-order valence-corrected chi connectivity index (χ2v) is 6.70. The van der Waals surface area contributed by atoms with Gasteiger partial charge in [-0.3, -0.25) is 0 Å². The molecule has 1 aromatic carbocycles. The first-order valence-corrected chi connectivity index (χ1v) is 8.52. The minimum absolute atomic E-state index is 0.202. The van der Waals surface area contributed by atoms with Crippen LogP contribution in [-0.2, 0) is 10.0 Å². The number of aliphatic hydroxyl groups excluding tert-OH is 1. The van der Waals surface area contributed by atoms with Crippen molar-refractivity contribution in [2.45, 2.75) is 17.7 Å². The fourth-order valence-electron chi connectivity index (χ4n) is 2.31. The van der Waals surface area contributed by atoms with E-state index in [4.69, 9.17) is 5.11 Å². The standard InChI is InChI=1S/C15H20N2O3S/c18-12-4-6-14-5-3-7-15(13-14)21(19,20)16-8-11-17-9-1-2-10-17/h3,5,7,13,16,18H,1-2,8-12H2. The molecule has 1 fully saturated rings. The molecule has 2 rings (SSSR count). The van der Waals surface area contributed by atoms with E-state index in [1.807, 2.05) is 0 Å². The third-order valence-electron chi connectivity index (χ3n) is 3.37. The Balaban J connectivity index is 1.97. The van der Waals surface area contributed by atoms with Crippen molar-refractivity contribution >= 4 is 10.0 Å². The summed E-state index contributed by atoms with van der Waals surface area (Å²) in [6, 6.07) is 6.42. The zero-order valence-electron chi connectivity index (χ0n) is 11.9. The van der Waals surface area contributed by atoms with E-state index in [-0.39, 0.29) is 11.5 Å². The maximum absolute atomic E-state index is 12.2. The summed E-state index contributed by atoms with van der Waals surface area (Å²) in [5, 5.41) is 8.67. The van der Waals surface area contributed by atoms with Crippen LogP contribution in [0, 0.1) is 11.8 Å². The van der Waals surface area contributed by atoms with Gasteiger partial charge in [0.25, 0.3) is 0 Å². The lowest BCUT2D eigenvalue weighted by molar-refractivity contribution is 0.344. The average Bonchev–Trinajstić information content (AvgIpc) is 2.98. The Bertz CT molecular complexity index is 626. The molecule has 1 heterocycles. The van der Waals surface area contributed by atoms with E-state index >= 15 is 0 Å². The van der Waals surface area contributed by atoms with Gasteiger partial charge in [-0.15, -0.1) is 0 Å². The Morgan fingerprint density at radius 3 is 2.76 bits per heavy atom. The Hall–Kier alpha value is -1.39. The van der Waals surface area contributed by atoms with E-state index in [1.165, 1.54) is 18.9 Å². The van der Waals surface area contributed by atoms with Gasteiger partial charge in [-0.05, 0) is 44.1 Å². The predicted octanol–water partition coefficient (Wildman–Crippen LogP) is 0.404. The Kier molecular flexibility index (Phi) is 5.76. The topological polar surface area (TPSA) is 69.6 Å². The summed E-state index contributed by atoms with van der Waals surface area (Å²) in [6.45, 7) is 3.01. The molecule has 114 valence electrons. The third-order valence-corrected chi connectivity index (χ3v) is 4.83. The number of aliphatic hydroxyl groups is 1. The summed E-state index contributed by atoms with van der Waals surface area (Å²) < 4.78 is 27.0. The number of hydrogen-bond donors (Lipinski definition) is 2. The Morgan fingerprint density at radius 2 is 2.05 bits per heavy atom. The van der Waals surface area contributed by atoms with E-state index in [9.17, 15) is 8.42 Å². The lowest BCUT2D eigenvalue weighted by Gasteiger charge is -2.14. The third kappa shape index (κ3) is 4.83. The van der Waals surface area contributed by atoms with Crippen LogP contribution in [-0.4, -0.2) is 51.2 Å². The lowest BCUT2D eigenvalue weighted by atomic mass is 10.2. The van der Waals surface area contributed by atoms with Crippen molar-refractivity contribution in [3.8, 4) is 11.8 Å². The van der Waals surface area contributed by atoms with Crippen LogP contribution in [0.1, 0.15) is 18.4 Å². The highest BCUT2D eigenvalue weighted by atomic mass is 32.2. The molecule has 0 aromatic heterocycles. The van der Waals surface area contributed by atoms with Crippen molar-refractivity contribution < 1.29 is 13.5 Å². The van der Waals surface area contributed by atoms with Crippen molar-refractivity contribution in [2.75, 3.05) is 32.8 Å². The van der Waals surface area contributed by atoms with Crippen molar-refractivity contribution in [1.29, 1.82) is 0 Å². The molecule has 0 bridgehead atoms. The van der Waals surface area contributed by atoms with Gasteiger partial charge in [0.2, 0.25) is 10.0 Å². The Labute approximate surface area is 126 Å². The molecule has 0 spiro atoms. The van der Waals surface area contributed by atoms with E-state index < -0.39 is 10.0 Å². The van der Waals surface area contributed by atoms with Gasteiger partial charge in [-0.25, -0.2) is 13.1 Å². The highest BCUT2D eigenvalue weighted by molar-refractivity contribution is 7.89. The maximum Gasteiger partial charge on any atom is 0.240 e. The first-order valence-electron chi connectivity index (χ1n) is 7.03. The van der Waals surface area contributed by atoms with Gasteiger partial charge < -0.3 is 10.0 Å². The lowest BCUT2D eigenvalue weighted by Crippen LogP contribution is -2.33. The van der Waals surface area contributed by atoms with Gasteiger partial charge in [-0.1, -0.05) is 17.9 Å². The van der Waals surface area contributed by atoms with Gasteiger partial charge in [0, 0.05) is 18.7 Å². The van der Waals surface area contributed by atoms with Crippen LogP contribution in [0.25, 0.3) is 0 Å². The zero-order valence-corrected chi connectivity index (χ0v) is 12.7. The quantitative estimate of drug-likeness (QED) is 0.773. The van der Waals surface area contributed by atoms with E-state index in [1.54, 1.807) is 18.2 Å². The molecule has 0 amide bonds. The smallest absolute Gasteiger partial charge is 0.240 e. The highest BCUT2D eigenvalue weighted by Crippen LogP contribution is 2.11. The van der Waals surface area contributed by atoms with E-state index in [0.29, 0.717) is 12.1 Å². The van der Waals surface area contributed by atoms with Crippen LogP contribution in [0.2, 0.25) is 0 Å². The normalized spacial score (nSPS) is 15.7. The van der Waals surface area contributed by atoms with Crippen molar-refractivity contribution in [2.24, 2.45) is 0 Å². The first kappa shape index (κ1) is 16.0. The van der Waals surface area contributed by atoms with Crippen LogP contribution in [0.5, 0.6) is 0 Å². The number of hydrogen-bond acceptors (Lipinski definition) is 4. The predicted molar refractivity (Wildman–Crippen MR) is 81.3 cm³/mol. The van der Waals surface area contributed by atoms with Gasteiger partial charge in [-0.2, -0.15) is 0 Å². The molecule has 6 heteroatoms. The zero-order chi connectivity index (χ0) is 15.1. The molecular formula is C15H20N2O3S. The molecule has 1 aromatic rings. The number of likely N-dealkylation sites (tertiary alicyclic amines) is 1. The largest absolute Gasteiger partial charge is 0.384 e. The minimum Gasteiger partial charge on any atom is -0.384 e. The SMILES string of the molecule is O=S(=O)(NCCN1CCCC1)c1cccc(C#CCO)c1. The highest BCUT2D eigenvalue weighted by Gasteiger charge is 2.16. The van der Waals surface area contributed by atoms with Crippen LogP contribution in [0.3, 0.4) is 0 Å². The Morgan fingerprint density at radius 1 is 1.29 bits per heavy atom. The fraction of sp³-hybridized carbons (Fsp3) is 0.467. The summed E-state index contributed by atoms with van der Waals surface area (Å²) in [7, 11) is -3.51. The van der Waals surface area contributed by atoms with Crippen molar-refractivity contribution in [3.05, 3.63) is 29.8 Å². The molecule has 5 nitrogen and oxygen atoms in total. The molecule has 0 aliphatic carbocycles. The van der Waals surface area contributed by atoms with Gasteiger partial charge in [0.05, 0.1) is 4.90 Å². The molecule has 0 atom stereocenters. The molecule has 21 heavy (non-hydrogen) atoms. The number of sulfonamides is 1. The summed E-state index contributed by atoms with van der Waals surface area (Å²) in [5.41, 5.74) is 0.575. The number of benzene rings is 1. The minimum atomic E-state index is -3.51. The molecular weight excluding hydrogens is 288 g/mol. The number of nitrogens with zero attached hydrogens (tertiary/aromatic N) is 1. The van der Waals surface area contributed by atoms with Crippen molar-refractivity contribution in [1.82, 2.24) is 9.62 Å². The van der Waals surface area contributed by atoms with Crippen LogP contribution in [0.4, 0.5) is 0 Å². The molecule has 2 N–H and O–H groups in total. The van der Waals surface area contributed by atoms with E-state index in [2.05, 4.69) is 21.5 Å². The summed E-state index contributed by atoms with van der Waals surface area (Å²) in [6.07, 6.45) is 2.39. The van der Waals surface area contributed by atoms with Gasteiger partial charge >= 0.3 is 0 Å². The first-order chi connectivity index (χ1) is 10.1. The molecule has 0 saturated carbocycles. The maximum atomic E-state index is 12.2. The number of rotatable bonds is 5. The molecule has 1 aliphatic rings. The molecule has 1 aliphatic heterocycles. The van der Waals surface area contributed by atoms with Crippen LogP contribution >= 0.6 is 0 Å². The van der Waals surface area contributed by atoms with E-state index in [0.717, 1.165) is 19.6 Å². The van der Waals surface area contributed by atoms with Crippen molar-refractivity contribution in [3.63, 3.8) is 0 Å². The summed E-state index contributed by atoms with van der Waals surface area (Å²) in [4.78, 5) is 2.46. The summed E-state index contributed by atoms with van der Waals surface area (Å²) >= 11 is 0. The fourth-order valence-corrected chi connectivity index (χ4v) is 3.38. The van der Waals surface area contributed by atoms with Crippen LogP contribution < -0.4 is 4.72 Å². The van der Waals surface area contributed by atoms with Gasteiger partial charge in [0.15, 0.2) is 0 Å². The monoisotopic (exact) mass is 308 g/mol. The molecule has 1 saturated heterocycles. The summed E-state index contributed by atoms with van der Waals surface area (Å²) in [5.74, 6) is 5.21. The molecule has 0 unspecified atom stereocenters. The van der Waals surface area contributed by atoms with Gasteiger partial charge in [0.1, 0.15) is 6.61 Å². The second kappa shape index (κ2) is 7.57. The molecule has 0 radical (unpaired) electrons. The average molecular weight is 308 g/mol. The van der Waals surface area contributed by atoms with Crippen LogP contribution in [0.15, 0.2) is 29.2 Å². The second-order valence-electron chi connectivity index (χ2n) is 4.93.